The molecule has 2 rings (SSSR count). The smallest absolute Gasteiger partial charge is 0.377 e. The van der Waals surface area contributed by atoms with Crippen LogP contribution in [0.1, 0.15) is 28.3 Å². The monoisotopic (exact) mass is 363 g/mol. The standard InChI is InChI=1S/C14H13BrF3NS/c1-8-3-6-13(20-8)9(2)19-12-5-4-10(7-11(12)15)14(16,17)18/h3-7,9,19H,1-2H3. The van der Waals surface area contributed by atoms with Crippen LogP contribution >= 0.6 is 27.3 Å². The number of halogens is 4. The Kier molecular flexibility index (Phi) is 4.44. The molecule has 0 aliphatic rings. The molecular weight excluding hydrogens is 351 g/mol. The number of nitrogens with one attached hydrogen (secondary N) is 1. The lowest BCUT2D eigenvalue weighted by molar-refractivity contribution is -0.137. The second kappa shape index (κ2) is 5.77. The molecule has 6 heteroatoms. The fraction of sp³-hybridized carbons (Fsp3) is 0.286. The summed E-state index contributed by atoms with van der Waals surface area (Å²) in [6.07, 6.45) is -4.32. The Balaban J connectivity index is 2.18. The molecule has 2 aromatic rings. The van der Waals surface area contributed by atoms with Crippen molar-refractivity contribution in [3.63, 3.8) is 0 Å². The van der Waals surface area contributed by atoms with E-state index >= 15 is 0 Å². The third-order valence-corrected chi connectivity index (χ3v) is 4.70. The third-order valence-electron chi connectivity index (χ3n) is 2.86. The highest BCUT2D eigenvalue weighted by molar-refractivity contribution is 9.10. The summed E-state index contributed by atoms with van der Waals surface area (Å²) in [4.78, 5) is 2.36. The van der Waals surface area contributed by atoms with Crippen LogP contribution < -0.4 is 5.32 Å². The first-order chi connectivity index (χ1) is 9.27. The van der Waals surface area contributed by atoms with E-state index in [1.165, 1.54) is 10.9 Å². The number of aryl methyl sites for hydroxylation is 1. The molecule has 20 heavy (non-hydrogen) atoms. The van der Waals surface area contributed by atoms with Crippen LogP contribution in [0.25, 0.3) is 0 Å². The molecule has 1 nitrogen and oxygen atoms in total. The lowest BCUT2D eigenvalue weighted by Crippen LogP contribution is -2.08. The summed E-state index contributed by atoms with van der Waals surface area (Å²) < 4.78 is 38.2. The van der Waals surface area contributed by atoms with Gasteiger partial charge in [-0.1, -0.05) is 0 Å². The lowest BCUT2D eigenvalue weighted by Gasteiger charge is -2.16. The van der Waals surface area contributed by atoms with E-state index in [0.29, 0.717) is 10.2 Å². The van der Waals surface area contributed by atoms with E-state index in [1.54, 1.807) is 11.3 Å². The molecule has 0 radical (unpaired) electrons. The average molecular weight is 364 g/mol. The summed E-state index contributed by atoms with van der Waals surface area (Å²) >= 11 is 4.86. The fourth-order valence-corrected chi connectivity index (χ4v) is 3.17. The number of anilines is 1. The minimum absolute atomic E-state index is 0.0433. The SMILES string of the molecule is Cc1ccc(C(C)Nc2ccc(C(F)(F)F)cc2Br)s1. The highest BCUT2D eigenvalue weighted by atomic mass is 79.9. The van der Waals surface area contributed by atoms with E-state index < -0.39 is 11.7 Å². The molecule has 1 atom stereocenters. The molecule has 1 heterocycles. The van der Waals surface area contributed by atoms with Crippen molar-refractivity contribution in [2.45, 2.75) is 26.1 Å². The van der Waals surface area contributed by atoms with Crippen molar-refractivity contribution < 1.29 is 13.2 Å². The third kappa shape index (κ3) is 3.55. The summed E-state index contributed by atoms with van der Waals surface area (Å²) in [5.74, 6) is 0. The van der Waals surface area contributed by atoms with Gasteiger partial charge in [-0.05, 0) is 60.1 Å². The maximum absolute atomic E-state index is 12.6. The number of hydrogen-bond acceptors (Lipinski definition) is 2. The highest BCUT2D eigenvalue weighted by Crippen LogP contribution is 2.35. The van der Waals surface area contributed by atoms with Crippen molar-refractivity contribution in [3.05, 3.63) is 50.1 Å². The van der Waals surface area contributed by atoms with Crippen LogP contribution in [0.4, 0.5) is 18.9 Å². The van der Waals surface area contributed by atoms with Gasteiger partial charge in [0.05, 0.1) is 11.6 Å². The maximum atomic E-state index is 12.6. The number of hydrogen-bond donors (Lipinski definition) is 1. The number of thiophene rings is 1. The van der Waals surface area contributed by atoms with Crippen molar-refractivity contribution in [3.8, 4) is 0 Å². The van der Waals surface area contributed by atoms with Crippen molar-refractivity contribution >= 4 is 33.0 Å². The van der Waals surface area contributed by atoms with Gasteiger partial charge in [-0.15, -0.1) is 11.3 Å². The number of alkyl halides is 3. The van der Waals surface area contributed by atoms with E-state index in [9.17, 15) is 13.2 Å². The zero-order valence-electron chi connectivity index (χ0n) is 10.9. The Morgan fingerprint density at radius 3 is 2.40 bits per heavy atom. The molecule has 1 aromatic heterocycles. The summed E-state index contributed by atoms with van der Waals surface area (Å²) in [6.45, 7) is 4.00. The zero-order valence-corrected chi connectivity index (χ0v) is 13.3. The van der Waals surface area contributed by atoms with Crippen LogP contribution in [0.3, 0.4) is 0 Å². The first-order valence-corrected chi connectivity index (χ1v) is 7.58. The van der Waals surface area contributed by atoms with Crippen LogP contribution in [0.2, 0.25) is 0 Å². The molecule has 0 bridgehead atoms. The van der Waals surface area contributed by atoms with Gasteiger partial charge >= 0.3 is 6.18 Å². The van der Waals surface area contributed by atoms with E-state index in [2.05, 4.69) is 21.2 Å². The van der Waals surface area contributed by atoms with Gasteiger partial charge in [0.25, 0.3) is 0 Å². The van der Waals surface area contributed by atoms with Gasteiger partial charge in [0.15, 0.2) is 0 Å². The van der Waals surface area contributed by atoms with E-state index in [-0.39, 0.29) is 6.04 Å². The van der Waals surface area contributed by atoms with Crippen LogP contribution in [0, 0.1) is 6.92 Å². The van der Waals surface area contributed by atoms with Gasteiger partial charge in [-0.25, -0.2) is 0 Å². The molecule has 0 spiro atoms. The Labute approximate surface area is 128 Å². The zero-order chi connectivity index (χ0) is 14.9. The lowest BCUT2D eigenvalue weighted by atomic mass is 10.2. The van der Waals surface area contributed by atoms with Gasteiger partial charge in [0.2, 0.25) is 0 Å². The molecule has 0 aliphatic heterocycles. The van der Waals surface area contributed by atoms with Crippen LogP contribution in [-0.2, 0) is 6.18 Å². The maximum Gasteiger partial charge on any atom is 0.416 e. The molecular formula is C14H13BrF3NS. The summed E-state index contributed by atoms with van der Waals surface area (Å²) in [5.41, 5.74) is -0.00824. The van der Waals surface area contributed by atoms with Crippen molar-refractivity contribution in [2.75, 3.05) is 5.32 Å². The molecule has 0 amide bonds. The first kappa shape index (κ1) is 15.4. The van der Waals surface area contributed by atoms with Crippen molar-refractivity contribution in [2.24, 2.45) is 0 Å². The van der Waals surface area contributed by atoms with Gasteiger partial charge in [0, 0.05) is 19.9 Å². The van der Waals surface area contributed by atoms with E-state index in [0.717, 1.165) is 17.0 Å². The molecule has 0 saturated heterocycles. The average Bonchev–Trinajstić information content (AvgIpc) is 2.77. The van der Waals surface area contributed by atoms with Gasteiger partial charge in [0.1, 0.15) is 0 Å². The molecule has 0 saturated carbocycles. The molecule has 1 aromatic carbocycles. The van der Waals surface area contributed by atoms with Crippen LogP contribution in [-0.4, -0.2) is 0 Å². The van der Waals surface area contributed by atoms with Crippen molar-refractivity contribution in [1.82, 2.24) is 0 Å². The van der Waals surface area contributed by atoms with Crippen molar-refractivity contribution in [1.29, 1.82) is 0 Å². The predicted molar refractivity (Wildman–Crippen MR) is 80.2 cm³/mol. The second-order valence-corrected chi connectivity index (χ2v) is 6.68. The topological polar surface area (TPSA) is 12.0 Å². The minimum Gasteiger partial charge on any atom is -0.377 e. The highest BCUT2D eigenvalue weighted by Gasteiger charge is 2.30. The van der Waals surface area contributed by atoms with Gasteiger partial charge < -0.3 is 5.32 Å². The normalized spacial score (nSPS) is 13.3. The molecule has 0 fully saturated rings. The largest absolute Gasteiger partial charge is 0.416 e. The molecule has 1 unspecified atom stereocenters. The summed E-state index contributed by atoms with van der Waals surface area (Å²) in [7, 11) is 0. The fourth-order valence-electron chi connectivity index (χ4n) is 1.80. The van der Waals surface area contributed by atoms with E-state index in [1.807, 2.05) is 26.0 Å². The van der Waals surface area contributed by atoms with Crippen LogP contribution in [0.15, 0.2) is 34.8 Å². The summed E-state index contributed by atoms with van der Waals surface area (Å²) in [5, 5.41) is 3.21. The molecule has 1 N–H and O–H groups in total. The number of benzene rings is 1. The Bertz CT molecular complexity index is 607. The Morgan fingerprint density at radius 2 is 1.90 bits per heavy atom. The van der Waals surface area contributed by atoms with Gasteiger partial charge in [-0.3, -0.25) is 0 Å². The van der Waals surface area contributed by atoms with E-state index in [4.69, 9.17) is 0 Å². The Hall–Kier alpha value is -1.01. The molecule has 108 valence electrons. The minimum atomic E-state index is -4.32. The van der Waals surface area contributed by atoms with Gasteiger partial charge in [-0.2, -0.15) is 13.2 Å². The number of rotatable bonds is 3. The molecule has 0 aliphatic carbocycles. The summed E-state index contributed by atoms with van der Waals surface area (Å²) in [6, 6.07) is 7.72. The Morgan fingerprint density at radius 1 is 1.20 bits per heavy atom. The first-order valence-electron chi connectivity index (χ1n) is 5.97. The second-order valence-electron chi connectivity index (χ2n) is 4.51. The quantitative estimate of drug-likeness (QED) is 0.703. The predicted octanol–water partition coefficient (Wildman–Crippen LogP) is 6.01. The van der Waals surface area contributed by atoms with Crippen LogP contribution in [0.5, 0.6) is 0 Å².